The van der Waals surface area contributed by atoms with Crippen molar-refractivity contribution in [2.45, 2.75) is 6.61 Å². The standard InChI is InChI=1S/C16H10Cl2N2O4/c17-11-5-10(6-12(18)7-11)16-14(8-21)15(19-24-16)9-1-3-13(4-2-9)20(22)23/h1-7,21H,8H2. The van der Waals surface area contributed by atoms with Gasteiger partial charge in [-0.05, 0) is 30.3 Å². The fourth-order valence-corrected chi connectivity index (χ4v) is 2.86. The average molecular weight is 365 g/mol. The zero-order valence-electron chi connectivity index (χ0n) is 12.1. The van der Waals surface area contributed by atoms with Gasteiger partial charge in [0.25, 0.3) is 5.69 Å². The van der Waals surface area contributed by atoms with Crippen LogP contribution < -0.4 is 0 Å². The first kappa shape index (κ1) is 16.4. The van der Waals surface area contributed by atoms with Gasteiger partial charge in [0.05, 0.1) is 17.1 Å². The lowest BCUT2D eigenvalue weighted by atomic mass is 10.0. The Morgan fingerprint density at radius 1 is 1.08 bits per heavy atom. The predicted octanol–water partition coefficient (Wildman–Crippen LogP) is 4.72. The molecule has 0 amide bonds. The lowest BCUT2D eigenvalue weighted by Gasteiger charge is -2.03. The van der Waals surface area contributed by atoms with Gasteiger partial charge in [0, 0.05) is 33.3 Å². The summed E-state index contributed by atoms with van der Waals surface area (Å²) in [4.78, 5) is 10.2. The molecule has 1 heterocycles. The molecule has 0 aliphatic carbocycles. The van der Waals surface area contributed by atoms with Crippen LogP contribution in [0.15, 0.2) is 47.0 Å². The first-order valence-corrected chi connectivity index (χ1v) is 7.56. The van der Waals surface area contributed by atoms with Crippen LogP contribution in [-0.4, -0.2) is 15.2 Å². The van der Waals surface area contributed by atoms with E-state index in [0.29, 0.717) is 38.2 Å². The van der Waals surface area contributed by atoms with Gasteiger partial charge in [-0.15, -0.1) is 0 Å². The molecule has 122 valence electrons. The summed E-state index contributed by atoms with van der Waals surface area (Å²) in [7, 11) is 0. The van der Waals surface area contributed by atoms with Gasteiger partial charge in [-0.1, -0.05) is 28.4 Å². The lowest BCUT2D eigenvalue weighted by Crippen LogP contribution is -1.91. The van der Waals surface area contributed by atoms with Crippen molar-refractivity contribution >= 4 is 28.9 Å². The molecule has 6 nitrogen and oxygen atoms in total. The second-order valence-corrected chi connectivity index (χ2v) is 5.83. The Balaban J connectivity index is 2.08. The number of hydrogen-bond acceptors (Lipinski definition) is 5. The van der Waals surface area contributed by atoms with Crippen molar-refractivity contribution < 1.29 is 14.6 Å². The molecule has 0 aliphatic heterocycles. The van der Waals surface area contributed by atoms with E-state index in [1.165, 1.54) is 12.1 Å². The van der Waals surface area contributed by atoms with E-state index in [4.69, 9.17) is 27.7 Å². The number of aliphatic hydroxyl groups is 1. The van der Waals surface area contributed by atoms with Crippen LogP contribution in [0.4, 0.5) is 5.69 Å². The SMILES string of the molecule is O=[N+]([O-])c1ccc(-c2noc(-c3cc(Cl)cc(Cl)c3)c2CO)cc1. The van der Waals surface area contributed by atoms with Crippen molar-refractivity contribution in [3.8, 4) is 22.6 Å². The van der Waals surface area contributed by atoms with Gasteiger partial charge in [-0.25, -0.2) is 0 Å². The summed E-state index contributed by atoms with van der Waals surface area (Å²) in [5, 5.41) is 25.3. The first-order chi connectivity index (χ1) is 11.5. The second kappa shape index (κ2) is 6.60. The Kier molecular flexibility index (Phi) is 4.53. The van der Waals surface area contributed by atoms with Crippen molar-refractivity contribution in [1.29, 1.82) is 0 Å². The van der Waals surface area contributed by atoms with Crippen LogP contribution >= 0.6 is 23.2 Å². The summed E-state index contributed by atoms with van der Waals surface area (Å²) in [5.74, 6) is 0.343. The van der Waals surface area contributed by atoms with Crippen LogP contribution in [0, 0.1) is 10.1 Å². The number of non-ortho nitro benzene ring substituents is 1. The minimum atomic E-state index is -0.487. The van der Waals surface area contributed by atoms with Crippen LogP contribution in [0.2, 0.25) is 10.0 Å². The van der Waals surface area contributed by atoms with Crippen LogP contribution in [-0.2, 0) is 6.61 Å². The minimum Gasteiger partial charge on any atom is -0.391 e. The molecular formula is C16H10Cl2N2O4. The summed E-state index contributed by atoms with van der Waals surface area (Å²) in [6.45, 7) is -0.324. The van der Waals surface area contributed by atoms with Crippen molar-refractivity contribution in [3.05, 3.63) is 68.2 Å². The molecule has 0 fully saturated rings. The molecule has 0 saturated carbocycles. The Bertz CT molecular complexity index is 887. The molecule has 0 aliphatic rings. The highest BCUT2D eigenvalue weighted by Gasteiger charge is 2.19. The molecule has 3 rings (SSSR count). The van der Waals surface area contributed by atoms with Crippen molar-refractivity contribution in [3.63, 3.8) is 0 Å². The summed E-state index contributed by atoms with van der Waals surface area (Å²) >= 11 is 12.0. The fourth-order valence-electron chi connectivity index (χ4n) is 2.34. The summed E-state index contributed by atoms with van der Waals surface area (Å²) in [6.07, 6.45) is 0. The summed E-state index contributed by atoms with van der Waals surface area (Å²) < 4.78 is 5.35. The molecule has 0 atom stereocenters. The van der Waals surface area contributed by atoms with E-state index in [1.807, 2.05) is 0 Å². The molecule has 0 bridgehead atoms. The lowest BCUT2D eigenvalue weighted by molar-refractivity contribution is -0.384. The molecule has 24 heavy (non-hydrogen) atoms. The molecule has 0 spiro atoms. The summed E-state index contributed by atoms with van der Waals surface area (Å²) in [5.41, 5.74) is 1.99. The van der Waals surface area contributed by atoms with Crippen LogP contribution in [0.3, 0.4) is 0 Å². The molecule has 0 saturated heterocycles. The molecule has 0 radical (unpaired) electrons. The third-order valence-electron chi connectivity index (χ3n) is 3.42. The van der Waals surface area contributed by atoms with Crippen LogP contribution in [0.5, 0.6) is 0 Å². The number of rotatable bonds is 4. The van der Waals surface area contributed by atoms with E-state index < -0.39 is 4.92 Å². The smallest absolute Gasteiger partial charge is 0.269 e. The average Bonchev–Trinajstić information content (AvgIpc) is 2.98. The van der Waals surface area contributed by atoms with Crippen molar-refractivity contribution in [2.24, 2.45) is 0 Å². The maximum atomic E-state index is 10.7. The summed E-state index contributed by atoms with van der Waals surface area (Å²) in [6, 6.07) is 10.7. The highest BCUT2D eigenvalue weighted by molar-refractivity contribution is 6.35. The number of nitro groups is 1. The van der Waals surface area contributed by atoms with Gasteiger partial charge in [-0.2, -0.15) is 0 Å². The molecule has 2 aromatic carbocycles. The van der Waals surface area contributed by atoms with E-state index in [9.17, 15) is 15.2 Å². The number of halogens is 2. The minimum absolute atomic E-state index is 0.0327. The van der Waals surface area contributed by atoms with E-state index in [0.717, 1.165) is 0 Å². The quantitative estimate of drug-likeness (QED) is 0.534. The van der Waals surface area contributed by atoms with E-state index in [-0.39, 0.29) is 12.3 Å². The molecule has 1 N–H and O–H groups in total. The Hall–Kier alpha value is -2.41. The highest BCUT2D eigenvalue weighted by atomic mass is 35.5. The number of hydrogen-bond donors (Lipinski definition) is 1. The Morgan fingerprint density at radius 3 is 2.25 bits per heavy atom. The van der Waals surface area contributed by atoms with Gasteiger partial charge < -0.3 is 9.63 Å². The second-order valence-electron chi connectivity index (χ2n) is 4.96. The van der Waals surface area contributed by atoms with E-state index in [2.05, 4.69) is 5.16 Å². The zero-order valence-corrected chi connectivity index (χ0v) is 13.6. The number of aromatic nitrogens is 1. The molecule has 1 aromatic heterocycles. The van der Waals surface area contributed by atoms with E-state index >= 15 is 0 Å². The van der Waals surface area contributed by atoms with Crippen LogP contribution in [0.25, 0.3) is 22.6 Å². The van der Waals surface area contributed by atoms with Crippen LogP contribution in [0.1, 0.15) is 5.56 Å². The van der Waals surface area contributed by atoms with Gasteiger partial charge >= 0.3 is 0 Å². The number of benzene rings is 2. The third-order valence-corrected chi connectivity index (χ3v) is 3.86. The largest absolute Gasteiger partial charge is 0.391 e. The van der Waals surface area contributed by atoms with Crippen molar-refractivity contribution in [1.82, 2.24) is 5.16 Å². The third kappa shape index (κ3) is 3.12. The zero-order chi connectivity index (χ0) is 17.3. The van der Waals surface area contributed by atoms with Gasteiger partial charge in [0.15, 0.2) is 5.76 Å². The van der Waals surface area contributed by atoms with Gasteiger partial charge in [-0.3, -0.25) is 10.1 Å². The molecule has 8 heteroatoms. The predicted molar refractivity (Wildman–Crippen MR) is 90.0 cm³/mol. The molecular weight excluding hydrogens is 355 g/mol. The molecule has 3 aromatic rings. The fraction of sp³-hybridized carbons (Fsp3) is 0.0625. The topological polar surface area (TPSA) is 89.4 Å². The molecule has 0 unspecified atom stereocenters. The van der Waals surface area contributed by atoms with Crippen molar-refractivity contribution in [2.75, 3.05) is 0 Å². The number of nitrogens with zero attached hydrogens (tertiary/aromatic N) is 2. The number of aliphatic hydroxyl groups excluding tert-OH is 1. The first-order valence-electron chi connectivity index (χ1n) is 6.80. The number of nitro benzene ring substituents is 1. The Labute approximate surface area is 146 Å². The van der Waals surface area contributed by atoms with Gasteiger partial charge in [0.2, 0.25) is 0 Å². The monoisotopic (exact) mass is 364 g/mol. The highest BCUT2D eigenvalue weighted by Crippen LogP contribution is 2.35. The maximum Gasteiger partial charge on any atom is 0.269 e. The normalized spacial score (nSPS) is 10.8. The van der Waals surface area contributed by atoms with E-state index in [1.54, 1.807) is 30.3 Å². The maximum absolute atomic E-state index is 10.7. The Morgan fingerprint density at radius 2 is 1.71 bits per heavy atom. The van der Waals surface area contributed by atoms with Gasteiger partial charge in [0.1, 0.15) is 5.69 Å².